The molecule has 9 heteroatoms. The van der Waals surface area contributed by atoms with Gasteiger partial charge in [0.1, 0.15) is 6.04 Å². The molecule has 0 fully saturated rings. The summed E-state index contributed by atoms with van der Waals surface area (Å²) >= 11 is 2.98. The Morgan fingerprint density at radius 2 is 2.12 bits per heavy atom. The Kier molecular flexibility index (Phi) is 8.85. The van der Waals surface area contributed by atoms with E-state index in [1.54, 1.807) is 22.7 Å². The highest BCUT2D eigenvalue weighted by atomic mass is 32.2. The van der Waals surface area contributed by atoms with E-state index in [-0.39, 0.29) is 18.4 Å². The minimum absolute atomic E-state index is 0.141. The summed E-state index contributed by atoms with van der Waals surface area (Å²) in [4.78, 5) is 44.2. The van der Waals surface area contributed by atoms with Gasteiger partial charge in [0.15, 0.2) is 0 Å². The van der Waals surface area contributed by atoms with E-state index in [0.29, 0.717) is 30.7 Å². The van der Waals surface area contributed by atoms with Crippen molar-refractivity contribution in [2.75, 3.05) is 25.1 Å². The Balaban J connectivity index is 1.87. The zero-order chi connectivity index (χ0) is 23.8. The van der Waals surface area contributed by atoms with E-state index in [1.165, 1.54) is 29.2 Å². The number of aryl methyl sites for hydroxylation is 1. The number of carboxylic acid groups (broad SMARTS) is 1. The first-order chi connectivity index (χ1) is 15.9. The first kappa shape index (κ1) is 24.7. The summed E-state index contributed by atoms with van der Waals surface area (Å²) in [5, 5.41) is 12.2. The molecule has 0 saturated carbocycles. The number of amides is 2. The topological polar surface area (TPSA) is 99.6 Å². The Morgan fingerprint density at radius 1 is 1.33 bits per heavy atom. The van der Waals surface area contributed by atoms with Crippen molar-refractivity contribution in [2.45, 2.75) is 25.8 Å². The van der Waals surface area contributed by atoms with Crippen molar-refractivity contribution in [3.63, 3.8) is 0 Å². The van der Waals surface area contributed by atoms with Crippen molar-refractivity contribution in [3.8, 4) is 0 Å². The molecule has 1 unspecified atom stereocenters. The van der Waals surface area contributed by atoms with Crippen molar-refractivity contribution < 1.29 is 19.5 Å². The van der Waals surface area contributed by atoms with Crippen molar-refractivity contribution >= 4 is 52.5 Å². The highest BCUT2D eigenvalue weighted by Crippen LogP contribution is 2.29. The molecule has 3 rings (SSSR count). The van der Waals surface area contributed by atoms with Gasteiger partial charge in [-0.2, -0.15) is 11.8 Å². The lowest BCUT2D eigenvalue weighted by Gasteiger charge is -2.31. The van der Waals surface area contributed by atoms with Crippen LogP contribution in [0.5, 0.6) is 0 Å². The number of nitrogens with one attached hydrogen (secondary N) is 1. The lowest BCUT2D eigenvalue weighted by atomic mass is 9.90. The molecular formula is C24H27N3O4S2. The SMILES string of the molecule is CSCCC(NC(=O)C1=C(c2ccccc2C)CN(C(=O)/C=C/c2cncs2)CC1)C(=O)O. The molecule has 0 spiro atoms. The smallest absolute Gasteiger partial charge is 0.326 e. The number of hydrogen-bond acceptors (Lipinski definition) is 6. The van der Waals surface area contributed by atoms with Crippen molar-refractivity contribution in [1.29, 1.82) is 0 Å². The summed E-state index contributed by atoms with van der Waals surface area (Å²) < 4.78 is 0. The standard InChI is InChI=1S/C24H27N3O4S2/c1-16-5-3-4-6-18(16)20-14-27(22(28)8-7-17-13-25-15-33-17)11-9-19(20)23(29)26-21(24(30)31)10-12-32-2/h3-8,13,15,21H,9-12,14H2,1-2H3,(H,26,29)(H,30,31)/b8-7+. The predicted molar refractivity (Wildman–Crippen MR) is 133 cm³/mol. The molecule has 174 valence electrons. The zero-order valence-corrected chi connectivity index (χ0v) is 20.2. The van der Waals surface area contributed by atoms with Crippen LogP contribution in [0.1, 0.15) is 28.8 Å². The number of hydrogen-bond donors (Lipinski definition) is 2. The third-order valence-electron chi connectivity index (χ3n) is 5.46. The van der Waals surface area contributed by atoms with E-state index in [0.717, 1.165) is 21.6 Å². The molecule has 0 radical (unpaired) electrons. The number of carbonyl (C=O) groups is 3. The molecule has 1 aliphatic rings. The van der Waals surface area contributed by atoms with Crippen LogP contribution in [0.2, 0.25) is 0 Å². The van der Waals surface area contributed by atoms with Gasteiger partial charge >= 0.3 is 5.97 Å². The summed E-state index contributed by atoms with van der Waals surface area (Å²) in [7, 11) is 0. The highest BCUT2D eigenvalue weighted by molar-refractivity contribution is 7.98. The van der Waals surface area contributed by atoms with E-state index in [4.69, 9.17) is 0 Å². The summed E-state index contributed by atoms with van der Waals surface area (Å²) in [6, 6.07) is 6.76. The van der Waals surface area contributed by atoms with Gasteiger partial charge in [-0.05, 0) is 54.6 Å². The quantitative estimate of drug-likeness (QED) is 0.528. The maximum atomic E-state index is 13.2. The van der Waals surface area contributed by atoms with Gasteiger partial charge in [-0.15, -0.1) is 11.3 Å². The van der Waals surface area contributed by atoms with E-state index in [2.05, 4.69) is 10.3 Å². The molecule has 0 bridgehead atoms. The average molecular weight is 486 g/mol. The molecule has 1 aromatic carbocycles. The van der Waals surface area contributed by atoms with E-state index < -0.39 is 12.0 Å². The van der Waals surface area contributed by atoms with Crippen LogP contribution in [0.3, 0.4) is 0 Å². The number of aromatic nitrogens is 1. The molecule has 2 aromatic rings. The van der Waals surface area contributed by atoms with Gasteiger partial charge in [-0.3, -0.25) is 14.6 Å². The van der Waals surface area contributed by atoms with Crippen molar-refractivity contribution in [3.05, 3.63) is 63.6 Å². The number of thioether (sulfide) groups is 1. The molecule has 33 heavy (non-hydrogen) atoms. The lowest BCUT2D eigenvalue weighted by Crippen LogP contribution is -2.44. The molecule has 1 aliphatic heterocycles. The molecule has 1 aromatic heterocycles. The van der Waals surface area contributed by atoms with Crippen LogP contribution in [-0.4, -0.2) is 63.9 Å². The maximum Gasteiger partial charge on any atom is 0.326 e. The second-order valence-corrected chi connectivity index (χ2v) is 9.57. The number of carboxylic acids is 1. The molecule has 0 saturated heterocycles. The third kappa shape index (κ3) is 6.55. The summed E-state index contributed by atoms with van der Waals surface area (Å²) in [5.41, 5.74) is 4.88. The molecular weight excluding hydrogens is 458 g/mol. The monoisotopic (exact) mass is 485 g/mol. The zero-order valence-electron chi connectivity index (χ0n) is 18.6. The maximum absolute atomic E-state index is 13.2. The molecule has 2 amide bonds. The Labute approximate surface area is 201 Å². The molecule has 7 nitrogen and oxygen atoms in total. The summed E-state index contributed by atoms with van der Waals surface area (Å²) in [6.07, 6.45) is 7.56. The van der Waals surface area contributed by atoms with Crippen LogP contribution in [0, 0.1) is 6.92 Å². The van der Waals surface area contributed by atoms with Crippen LogP contribution >= 0.6 is 23.1 Å². The fourth-order valence-electron chi connectivity index (χ4n) is 3.67. The van der Waals surface area contributed by atoms with Gasteiger partial charge in [0.25, 0.3) is 0 Å². The summed E-state index contributed by atoms with van der Waals surface area (Å²) in [5.74, 6) is -0.933. The first-order valence-electron chi connectivity index (χ1n) is 10.6. The average Bonchev–Trinajstić information content (AvgIpc) is 3.33. The number of aliphatic carboxylic acids is 1. The fraction of sp³-hybridized carbons (Fsp3) is 0.333. The van der Waals surface area contributed by atoms with Gasteiger partial charge in [0.2, 0.25) is 11.8 Å². The molecule has 2 heterocycles. The van der Waals surface area contributed by atoms with Crippen LogP contribution in [-0.2, 0) is 14.4 Å². The van der Waals surface area contributed by atoms with E-state index in [1.807, 2.05) is 37.4 Å². The minimum Gasteiger partial charge on any atom is -0.480 e. The summed E-state index contributed by atoms with van der Waals surface area (Å²) in [6.45, 7) is 2.62. The minimum atomic E-state index is -1.05. The van der Waals surface area contributed by atoms with Gasteiger partial charge in [-0.1, -0.05) is 24.3 Å². The van der Waals surface area contributed by atoms with Crippen molar-refractivity contribution in [2.24, 2.45) is 0 Å². The normalized spacial score (nSPS) is 15.0. The van der Waals surface area contributed by atoms with Crippen LogP contribution < -0.4 is 5.32 Å². The Bertz CT molecular complexity index is 1060. The number of nitrogens with zero attached hydrogens (tertiary/aromatic N) is 2. The van der Waals surface area contributed by atoms with Gasteiger partial charge in [0, 0.05) is 35.8 Å². The molecule has 0 aliphatic carbocycles. The van der Waals surface area contributed by atoms with Gasteiger partial charge < -0.3 is 15.3 Å². The number of benzene rings is 1. The third-order valence-corrected chi connectivity index (χ3v) is 6.84. The van der Waals surface area contributed by atoms with Gasteiger partial charge in [-0.25, -0.2) is 4.79 Å². The molecule has 1 atom stereocenters. The van der Waals surface area contributed by atoms with E-state index in [9.17, 15) is 19.5 Å². The number of carbonyl (C=O) groups excluding carboxylic acids is 2. The second-order valence-electron chi connectivity index (χ2n) is 7.66. The van der Waals surface area contributed by atoms with Crippen LogP contribution in [0.15, 0.2) is 47.6 Å². The van der Waals surface area contributed by atoms with Crippen molar-refractivity contribution in [1.82, 2.24) is 15.2 Å². The largest absolute Gasteiger partial charge is 0.480 e. The number of rotatable bonds is 9. The Hall–Kier alpha value is -2.91. The van der Waals surface area contributed by atoms with Crippen LogP contribution in [0.4, 0.5) is 0 Å². The predicted octanol–water partition coefficient (Wildman–Crippen LogP) is 3.47. The lowest BCUT2D eigenvalue weighted by molar-refractivity contribution is -0.141. The highest BCUT2D eigenvalue weighted by Gasteiger charge is 2.29. The Morgan fingerprint density at radius 3 is 2.79 bits per heavy atom. The molecule has 2 N–H and O–H groups in total. The van der Waals surface area contributed by atoms with Gasteiger partial charge in [0.05, 0.1) is 5.51 Å². The fourth-order valence-corrected chi connectivity index (χ4v) is 4.65. The number of thiazole rings is 1. The first-order valence-corrected chi connectivity index (χ1v) is 12.8. The van der Waals surface area contributed by atoms with Crippen LogP contribution in [0.25, 0.3) is 11.6 Å². The van der Waals surface area contributed by atoms with E-state index >= 15 is 0 Å². The second kappa shape index (κ2) is 11.8.